The third-order valence-electron chi connectivity index (χ3n) is 9.16. The maximum absolute atomic E-state index is 4.76. The Labute approximate surface area is 261 Å². The fourth-order valence-electron chi connectivity index (χ4n) is 6.98. The van der Waals surface area contributed by atoms with E-state index < -0.39 is 0 Å². The highest BCUT2D eigenvalue weighted by Crippen LogP contribution is 2.55. The Kier molecular flexibility index (Phi) is 7.80. The molecule has 1 heteroatoms. The molecule has 0 bridgehead atoms. The molecule has 44 heavy (non-hydrogen) atoms. The van der Waals surface area contributed by atoms with Crippen molar-refractivity contribution >= 4 is 27.4 Å². The number of hydrogen-bond acceptors (Lipinski definition) is 0. The van der Waals surface area contributed by atoms with E-state index in [1.54, 1.807) is 0 Å². The molecule has 0 spiro atoms. The molecule has 0 N–H and O–H groups in total. The minimum atomic E-state index is -0.330. The third kappa shape index (κ3) is 4.57. The molecule has 7 rings (SSSR count). The van der Waals surface area contributed by atoms with Gasteiger partial charge in [0.15, 0.2) is 0 Å². The van der Waals surface area contributed by atoms with Gasteiger partial charge in [-0.3, -0.25) is 0 Å². The molecule has 0 saturated heterocycles. The topological polar surface area (TPSA) is 4.93 Å². The molecule has 0 aliphatic heterocycles. The molecular weight excluding hydrogens is 530 g/mol. The van der Waals surface area contributed by atoms with Gasteiger partial charge in [-0.25, -0.2) is 0 Å². The van der Waals surface area contributed by atoms with E-state index in [2.05, 4.69) is 172 Å². The molecule has 1 aliphatic carbocycles. The minimum Gasteiger partial charge on any atom is -0.309 e. The van der Waals surface area contributed by atoms with Gasteiger partial charge in [0.05, 0.1) is 11.0 Å². The van der Waals surface area contributed by atoms with Crippen LogP contribution < -0.4 is 0 Å². The van der Waals surface area contributed by atoms with Gasteiger partial charge in [-0.05, 0) is 102 Å². The quantitative estimate of drug-likeness (QED) is 0.182. The average molecular weight is 570 g/mol. The van der Waals surface area contributed by atoms with E-state index >= 15 is 0 Å². The number of allylic oxidation sites excluding steroid dienone is 5. The molecule has 6 aromatic rings. The molecule has 1 unspecified atom stereocenters. The molecule has 1 atom stereocenters. The van der Waals surface area contributed by atoms with Gasteiger partial charge in [-0.15, -0.1) is 13.2 Å². The van der Waals surface area contributed by atoms with Crippen LogP contribution in [0.4, 0.5) is 0 Å². The van der Waals surface area contributed by atoms with Crippen LogP contribution in [0.2, 0.25) is 0 Å². The number of aryl methyl sites for hydroxylation is 1. The molecule has 0 radical (unpaired) electrons. The summed E-state index contributed by atoms with van der Waals surface area (Å²) >= 11 is 0. The lowest BCUT2D eigenvalue weighted by Crippen LogP contribution is -2.23. The summed E-state index contributed by atoms with van der Waals surface area (Å²) in [6.07, 6.45) is 7.59. The largest absolute Gasteiger partial charge is 0.309 e. The van der Waals surface area contributed by atoms with Gasteiger partial charge in [0.25, 0.3) is 0 Å². The smallest absolute Gasteiger partial charge is 0.0544 e. The number of fused-ring (bicyclic) bond motifs is 4. The van der Waals surface area contributed by atoms with E-state index in [-0.39, 0.29) is 5.41 Å². The lowest BCUT2D eigenvalue weighted by atomic mass is 9.73. The summed E-state index contributed by atoms with van der Waals surface area (Å²) in [6, 6.07) is 42.0. The van der Waals surface area contributed by atoms with Crippen LogP contribution in [-0.4, -0.2) is 4.57 Å². The molecule has 1 nitrogen and oxygen atoms in total. The molecule has 5 aromatic carbocycles. The van der Waals surface area contributed by atoms with E-state index in [0.717, 1.165) is 6.42 Å². The lowest BCUT2D eigenvalue weighted by Gasteiger charge is -2.30. The summed E-state index contributed by atoms with van der Waals surface area (Å²) in [7, 11) is 0. The third-order valence-corrected chi connectivity index (χ3v) is 9.16. The summed E-state index contributed by atoms with van der Waals surface area (Å²) in [5.74, 6) is 0. The summed E-state index contributed by atoms with van der Waals surface area (Å²) in [6.45, 7) is 17.4. The zero-order chi connectivity index (χ0) is 30.8. The first-order valence-electron chi connectivity index (χ1n) is 15.3. The maximum atomic E-state index is 4.76. The second-order valence-corrected chi connectivity index (χ2v) is 11.5. The van der Waals surface area contributed by atoms with Gasteiger partial charge >= 0.3 is 0 Å². The van der Waals surface area contributed by atoms with E-state index in [4.69, 9.17) is 6.58 Å². The average Bonchev–Trinajstić information content (AvgIpc) is 3.50. The highest BCUT2D eigenvalue weighted by atomic mass is 15.0. The Hall–Kier alpha value is -5.14. The van der Waals surface area contributed by atoms with Crippen molar-refractivity contribution in [2.24, 2.45) is 0 Å². The normalized spacial score (nSPS) is 16.9. The maximum Gasteiger partial charge on any atom is 0.0544 e. The minimum absolute atomic E-state index is 0.330. The number of para-hydroxylation sites is 1. The highest BCUT2D eigenvalue weighted by Gasteiger charge is 2.43. The predicted octanol–water partition coefficient (Wildman–Crippen LogP) is 11.8. The highest BCUT2D eigenvalue weighted by molar-refractivity contribution is 6.12. The Morgan fingerprint density at radius 2 is 1.41 bits per heavy atom. The van der Waals surface area contributed by atoms with Crippen molar-refractivity contribution in [2.75, 3.05) is 0 Å². The summed E-state index contributed by atoms with van der Waals surface area (Å²) in [5.41, 5.74) is 13.4. The summed E-state index contributed by atoms with van der Waals surface area (Å²) in [4.78, 5) is 0. The van der Waals surface area contributed by atoms with Crippen LogP contribution in [0.5, 0.6) is 0 Å². The van der Waals surface area contributed by atoms with Gasteiger partial charge in [0.2, 0.25) is 0 Å². The van der Waals surface area contributed by atoms with E-state index in [1.807, 2.05) is 0 Å². The SMILES string of the molecule is C=C.C=C1/C(=C\C/C=C/C)c2cc3c4ccccc4n(-c4cccc(-c5ccccc5)c4)c3cc2C1(C)c1ccccc1C. The number of nitrogens with zero attached hydrogens (tertiary/aromatic N) is 1. The van der Waals surface area contributed by atoms with Gasteiger partial charge in [-0.2, -0.15) is 0 Å². The molecule has 1 aliphatic rings. The summed E-state index contributed by atoms with van der Waals surface area (Å²) in [5, 5.41) is 2.54. The number of hydrogen-bond donors (Lipinski definition) is 0. The first-order valence-corrected chi connectivity index (χ1v) is 15.3. The number of aromatic nitrogens is 1. The Morgan fingerprint density at radius 1 is 0.705 bits per heavy atom. The molecule has 0 amide bonds. The van der Waals surface area contributed by atoms with Crippen LogP contribution in [0.15, 0.2) is 159 Å². The lowest BCUT2D eigenvalue weighted by molar-refractivity contribution is 0.711. The van der Waals surface area contributed by atoms with Crippen molar-refractivity contribution in [3.63, 3.8) is 0 Å². The van der Waals surface area contributed by atoms with Gasteiger partial charge in [0, 0.05) is 21.9 Å². The fourth-order valence-corrected chi connectivity index (χ4v) is 6.98. The van der Waals surface area contributed by atoms with E-state index in [0.29, 0.717) is 0 Å². The van der Waals surface area contributed by atoms with Gasteiger partial charge in [0.1, 0.15) is 0 Å². The van der Waals surface area contributed by atoms with Crippen molar-refractivity contribution in [2.45, 2.75) is 32.6 Å². The van der Waals surface area contributed by atoms with Gasteiger partial charge < -0.3 is 4.57 Å². The van der Waals surface area contributed by atoms with Crippen molar-refractivity contribution in [1.29, 1.82) is 0 Å². The number of benzene rings is 5. The molecular formula is C43H39N. The fraction of sp³-hybridized carbons (Fsp3) is 0.116. The van der Waals surface area contributed by atoms with Crippen LogP contribution >= 0.6 is 0 Å². The second-order valence-electron chi connectivity index (χ2n) is 11.5. The molecule has 0 saturated carbocycles. The molecule has 1 heterocycles. The molecule has 216 valence electrons. The first-order chi connectivity index (χ1) is 21.5. The Morgan fingerprint density at radius 3 is 2.18 bits per heavy atom. The first kappa shape index (κ1) is 29.0. The zero-order valence-corrected chi connectivity index (χ0v) is 26.0. The Balaban J connectivity index is 0.00000168. The van der Waals surface area contributed by atoms with Gasteiger partial charge in [-0.1, -0.05) is 110 Å². The summed E-state index contributed by atoms with van der Waals surface area (Å²) < 4.78 is 2.44. The van der Waals surface area contributed by atoms with Crippen LogP contribution in [0.3, 0.4) is 0 Å². The van der Waals surface area contributed by atoms with Crippen LogP contribution in [0.25, 0.3) is 44.2 Å². The van der Waals surface area contributed by atoms with Crippen molar-refractivity contribution in [3.05, 3.63) is 181 Å². The van der Waals surface area contributed by atoms with E-state index in [1.165, 1.54) is 72.0 Å². The van der Waals surface area contributed by atoms with Crippen LogP contribution in [0.1, 0.15) is 42.5 Å². The second kappa shape index (κ2) is 11.9. The Bertz CT molecular complexity index is 2070. The standard InChI is InChI=1S/C41H35N.C2H4/c1-5-6-8-21-33-29(3)41(4,37-23-13-11-16-28(37)2)38-27-40-36(26-35(33)38)34-22-12-14-24-39(34)42(40)32-20-15-19-31(25-32)30-17-9-7-10-18-30;1-2/h5-7,9-27H,3,8H2,1-2,4H3;1-2H2/b6-5+,33-21+;. The zero-order valence-electron chi connectivity index (χ0n) is 26.0. The van der Waals surface area contributed by atoms with E-state index in [9.17, 15) is 0 Å². The van der Waals surface area contributed by atoms with Crippen molar-refractivity contribution in [3.8, 4) is 16.8 Å². The van der Waals surface area contributed by atoms with Crippen LogP contribution in [-0.2, 0) is 5.41 Å². The predicted molar refractivity (Wildman–Crippen MR) is 192 cm³/mol. The van der Waals surface area contributed by atoms with Crippen molar-refractivity contribution in [1.82, 2.24) is 4.57 Å². The molecule has 0 fully saturated rings. The van der Waals surface area contributed by atoms with Crippen LogP contribution in [0, 0.1) is 6.92 Å². The monoisotopic (exact) mass is 569 g/mol. The van der Waals surface area contributed by atoms with Crippen molar-refractivity contribution < 1.29 is 0 Å². The molecule has 1 aromatic heterocycles. The number of rotatable bonds is 5.